The van der Waals surface area contributed by atoms with E-state index in [4.69, 9.17) is 0 Å². The molecule has 0 radical (unpaired) electrons. The molecule has 4 heteroatoms. The van der Waals surface area contributed by atoms with Crippen molar-refractivity contribution >= 4 is 5.91 Å². The summed E-state index contributed by atoms with van der Waals surface area (Å²) >= 11 is 0. The number of likely N-dealkylation sites (N-methyl/N-ethyl adjacent to an activating group) is 1. The molecule has 3 aliphatic heterocycles. The molecule has 0 aromatic rings. The SMILES string of the molecule is CC(C)CC(NC1CN2CCC1CC2)C(=O)N(C)C. The number of nitrogens with one attached hydrogen (secondary N) is 1. The van der Waals surface area contributed by atoms with Gasteiger partial charge in [-0.1, -0.05) is 13.8 Å². The summed E-state index contributed by atoms with van der Waals surface area (Å²) in [6.45, 7) is 8.00. The Bertz CT molecular complexity index is 309. The summed E-state index contributed by atoms with van der Waals surface area (Å²) in [6.07, 6.45) is 3.52. The van der Waals surface area contributed by atoms with E-state index in [1.807, 2.05) is 14.1 Å². The molecule has 0 aliphatic carbocycles. The van der Waals surface area contributed by atoms with Crippen molar-refractivity contribution < 1.29 is 4.79 Å². The highest BCUT2D eigenvalue weighted by atomic mass is 16.2. The topological polar surface area (TPSA) is 35.6 Å². The minimum atomic E-state index is -0.0134. The Hall–Kier alpha value is -0.610. The van der Waals surface area contributed by atoms with E-state index in [1.54, 1.807) is 4.90 Å². The first kappa shape index (κ1) is 14.8. The zero-order valence-corrected chi connectivity index (χ0v) is 12.9. The summed E-state index contributed by atoms with van der Waals surface area (Å²) in [5.41, 5.74) is 0. The molecule has 2 bridgehead atoms. The molecule has 19 heavy (non-hydrogen) atoms. The molecule has 1 N–H and O–H groups in total. The minimum absolute atomic E-state index is 0.0134. The highest BCUT2D eigenvalue weighted by Gasteiger charge is 2.36. The van der Waals surface area contributed by atoms with Crippen LogP contribution in [-0.2, 0) is 4.79 Å². The number of hydrogen-bond donors (Lipinski definition) is 1. The van der Waals surface area contributed by atoms with Crippen molar-refractivity contribution in [2.75, 3.05) is 33.7 Å². The second-order valence-electron chi connectivity index (χ2n) is 6.83. The number of amides is 1. The van der Waals surface area contributed by atoms with E-state index >= 15 is 0 Å². The smallest absolute Gasteiger partial charge is 0.239 e. The number of nitrogens with zero attached hydrogens (tertiary/aromatic N) is 2. The predicted molar refractivity (Wildman–Crippen MR) is 78.0 cm³/mol. The van der Waals surface area contributed by atoms with Crippen molar-refractivity contribution in [1.82, 2.24) is 15.1 Å². The quantitative estimate of drug-likeness (QED) is 0.812. The number of rotatable bonds is 5. The van der Waals surface area contributed by atoms with Gasteiger partial charge >= 0.3 is 0 Å². The van der Waals surface area contributed by atoms with Crippen LogP contribution in [0.3, 0.4) is 0 Å². The van der Waals surface area contributed by atoms with Gasteiger partial charge in [0.2, 0.25) is 5.91 Å². The van der Waals surface area contributed by atoms with Crippen LogP contribution in [0.15, 0.2) is 0 Å². The second kappa shape index (κ2) is 6.23. The third-order valence-corrected chi connectivity index (χ3v) is 4.52. The molecule has 0 spiro atoms. The lowest BCUT2D eigenvalue weighted by atomic mass is 9.83. The van der Waals surface area contributed by atoms with Gasteiger partial charge in [0.1, 0.15) is 0 Å². The van der Waals surface area contributed by atoms with Crippen LogP contribution in [0.2, 0.25) is 0 Å². The minimum Gasteiger partial charge on any atom is -0.347 e. The van der Waals surface area contributed by atoms with Crippen LogP contribution >= 0.6 is 0 Å². The molecule has 3 rings (SSSR count). The zero-order valence-electron chi connectivity index (χ0n) is 12.9. The van der Waals surface area contributed by atoms with E-state index in [2.05, 4.69) is 24.1 Å². The highest BCUT2D eigenvalue weighted by molar-refractivity contribution is 5.81. The average molecular weight is 267 g/mol. The molecule has 3 aliphatic rings. The first-order valence-electron chi connectivity index (χ1n) is 7.67. The lowest BCUT2D eigenvalue weighted by Gasteiger charge is -2.46. The predicted octanol–water partition coefficient (Wildman–Crippen LogP) is 1.17. The van der Waals surface area contributed by atoms with Crippen molar-refractivity contribution in [1.29, 1.82) is 0 Å². The van der Waals surface area contributed by atoms with Gasteiger partial charge in [-0.15, -0.1) is 0 Å². The third kappa shape index (κ3) is 3.69. The summed E-state index contributed by atoms with van der Waals surface area (Å²) in [4.78, 5) is 16.6. The van der Waals surface area contributed by atoms with Gasteiger partial charge in [-0.05, 0) is 44.2 Å². The maximum Gasteiger partial charge on any atom is 0.239 e. The Labute approximate surface area is 117 Å². The normalized spacial score (nSPS) is 31.5. The molecule has 3 saturated heterocycles. The molecule has 0 saturated carbocycles. The van der Waals surface area contributed by atoms with Crippen molar-refractivity contribution in [2.24, 2.45) is 11.8 Å². The van der Waals surface area contributed by atoms with Gasteiger partial charge in [0.15, 0.2) is 0 Å². The van der Waals surface area contributed by atoms with Crippen molar-refractivity contribution in [3.05, 3.63) is 0 Å². The van der Waals surface area contributed by atoms with E-state index in [0.717, 1.165) is 18.9 Å². The highest BCUT2D eigenvalue weighted by Crippen LogP contribution is 2.28. The molecule has 2 unspecified atom stereocenters. The largest absolute Gasteiger partial charge is 0.347 e. The molecular weight excluding hydrogens is 238 g/mol. The van der Waals surface area contributed by atoms with Gasteiger partial charge in [-0.25, -0.2) is 0 Å². The fourth-order valence-electron chi connectivity index (χ4n) is 3.44. The molecule has 110 valence electrons. The number of fused-ring (bicyclic) bond motifs is 3. The zero-order chi connectivity index (χ0) is 14.0. The second-order valence-corrected chi connectivity index (χ2v) is 6.83. The summed E-state index contributed by atoms with van der Waals surface area (Å²) in [5.74, 6) is 1.54. The first-order chi connectivity index (χ1) is 8.97. The molecule has 3 heterocycles. The average Bonchev–Trinajstić information content (AvgIpc) is 2.38. The lowest BCUT2D eigenvalue weighted by Crippen LogP contribution is -2.60. The Morgan fingerprint density at radius 2 is 1.95 bits per heavy atom. The molecule has 4 nitrogen and oxygen atoms in total. The molecule has 0 aromatic carbocycles. The number of carbonyl (C=O) groups is 1. The Morgan fingerprint density at radius 1 is 1.32 bits per heavy atom. The Balaban J connectivity index is 1.97. The van der Waals surface area contributed by atoms with E-state index < -0.39 is 0 Å². The van der Waals surface area contributed by atoms with Gasteiger partial charge < -0.3 is 15.1 Å². The summed E-state index contributed by atoms with van der Waals surface area (Å²) in [5, 5.41) is 3.67. The third-order valence-electron chi connectivity index (χ3n) is 4.52. The number of hydrogen-bond acceptors (Lipinski definition) is 3. The van der Waals surface area contributed by atoms with Crippen LogP contribution in [0.1, 0.15) is 33.1 Å². The molecule has 2 atom stereocenters. The van der Waals surface area contributed by atoms with Gasteiger partial charge in [0.25, 0.3) is 0 Å². The van der Waals surface area contributed by atoms with Crippen molar-refractivity contribution in [2.45, 2.75) is 45.2 Å². The summed E-state index contributed by atoms with van der Waals surface area (Å²) < 4.78 is 0. The van der Waals surface area contributed by atoms with Crippen molar-refractivity contribution in [3.8, 4) is 0 Å². The van der Waals surface area contributed by atoms with E-state index in [-0.39, 0.29) is 11.9 Å². The Morgan fingerprint density at radius 3 is 2.37 bits per heavy atom. The fourth-order valence-corrected chi connectivity index (χ4v) is 3.44. The van der Waals surface area contributed by atoms with Crippen LogP contribution in [0.25, 0.3) is 0 Å². The van der Waals surface area contributed by atoms with Crippen LogP contribution in [0.4, 0.5) is 0 Å². The van der Waals surface area contributed by atoms with Crippen molar-refractivity contribution in [3.63, 3.8) is 0 Å². The van der Waals surface area contributed by atoms with E-state index in [1.165, 1.54) is 25.9 Å². The fraction of sp³-hybridized carbons (Fsp3) is 0.933. The van der Waals surface area contributed by atoms with Gasteiger partial charge in [-0.3, -0.25) is 4.79 Å². The number of carbonyl (C=O) groups excluding carboxylic acids is 1. The summed E-state index contributed by atoms with van der Waals surface area (Å²) in [7, 11) is 3.71. The van der Waals surface area contributed by atoms with Gasteiger partial charge in [-0.2, -0.15) is 0 Å². The van der Waals surface area contributed by atoms with Crippen LogP contribution in [0, 0.1) is 11.8 Å². The number of piperidine rings is 3. The molecular formula is C15H29N3O. The van der Waals surface area contributed by atoms with E-state index in [9.17, 15) is 4.79 Å². The lowest BCUT2D eigenvalue weighted by molar-refractivity contribution is -0.132. The van der Waals surface area contributed by atoms with Gasteiger partial charge in [0, 0.05) is 26.7 Å². The Kier molecular flexibility index (Phi) is 4.85. The molecule has 1 amide bonds. The molecule has 3 fully saturated rings. The van der Waals surface area contributed by atoms with Crippen LogP contribution in [0.5, 0.6) is 0 Å². The van der Waals surface area contributed by atoms with Gasteiger partial charge in [0.05, 0.1) is 6.04 Å². The van der Waals surface area contributed by atoms with Crippen LogP contribution < -0.4 is 5.32 Å². The standard InChI is InChI=1S/C15H29N3O/c1-11(2)9-13(15(19)17(3)4)16-14-10-18-7-5-12(14)6-8-18/h11-14,16H,5-10H2,1-4H3. The summed E-state index contributed by atoms with van der Waals surface area (Å²) in [6, 6.07) is 0.496. The van der Waals surface area contributed by atoms with E-state index in [0.29, 0.717) is 12.0 Å². The maximum atomic E-state index is 12.3. The van der Waals surface area contributed by atoms with Crippen LogP contribution in [-0.4, -0.2) is 61.5 Å². The monoisotopic (exact) mass is 267 g/mol. The maximum absolute atomic E-state index is 12.3. The first-order valence-corrected chi connectivity index (χ1v) is 7.67. The molecule has 0 aromatic heterocycles.